The van der Waals surface area contributed by atoms with Crippen molar-refractivity contribution < 1.29 is 9.13 Å². The summed E-state index contributed by atoms with van der Waals surface area (Å²) in [6.07, 6.45) is 3.76. The zero-order valence-electron chi connectivity index (χ0n) is 12.0. The van der Waals surface area contributed by atoms with Crippen molar-refractivity contribution in [2.24, 2.45) is 0 Å². The second kappa shape index (κ2) is 6.19. The Morgan fingerprint density at radius 1 is 1.45 bits per heavy atom. The van der Waals surface area contributed by atoms with Crippen LogP contribution in [0.2, 0.25) is 5.02 Å². The molecule has 1 aromatic carbocycles. The van der Waals surface area contributed by atoms with Crippen LogP contribution in [0.5, 0.6) is 0 Å². The molecule has 5 heteroatoms. The first kappa shape index (κ1) is 15.4. The highest BCUT2D eigenvalue weighted by Gasteiger charge is 2.34. The van der Waals surface area contributed by atoms with Gasteiger partial charge in [-0.15, -0.1) is 0 Å². The maximum absolute atomic E-state index is 13.5. The van der Waals surface area contributed by atoms with E-state index in [1.807, 2.05) is 0 Å². The van der Waals surface area contributed by atoms with Gasteiger partial charge in [0.15, 0.2) is 0 Å². The monoisotopic (exact) mass is 300 g/mol. The smallest absolute Gasteiger partial charge is 0.143 e. The van der Waals surface area contributed by atoms with E-state index in [-0.39, 0.29) is 16.7 Å². The van der Waals surface area contributed by atoms with Crippen molar-refractivity contribution in [2.75, 3.05) is 17.7 Å². The van der Waals surface area contributed by atoms with Gasteiger partial charge in [-0.3, -0.25) is 0 Å². The van der Waals surface area contributed by atoms with Crippen molar-refractivity contribution in [1.29, 1.82) is 0 Å². The molecule has 0 bridgehead atoms. The Labute approximate surface area is 124 Å². The molecule has 3 N–H and O–H groups in total. The molecular weight excluding hydrogens is 279 g/mol. The van der Waals surface area contributed by atoms with Gasteiger partial charge in [-0.05, 0) is 31.7 Å². The zero-order chi connectivity index (χ0) is 14.8. The molecule has 112 valence electrons. The minimum absolute atomic E-state index is 0.0523. The van der Waals surface area contributed by atoms with Crippen LogP contribution in [0.4, 0.5) is 15.8 Å². The van der Waals surface area contributed by atoms with Crippen molar-refractivity contribution in [3.05, 3.63) is 23.0 Å². The number of nitrogen functional groups attached to an aromatic ring is 1. The van der Waals surface area contributed by atoms with Crippen LogP contribution in [-0.2, 0) is 4.74 Å². The summed E-state index contributed by atoms with van der Waals surface area (Å²) in [4.78, 5) is 0. The number of rotatable bonds is 4. The largest absolute Gasteiger partial charge is 0.397 e. The Hall–Kier alpha value is -1.00. The molecule has 0 amide bonds. The van der Waals surface area contributed by atoms with E-state index in [9.17, 15) is 4.39 Å². The van der Waals surface area contributed by atoms with Crippen molar-refractivity contribution in [3.8, 4) is 0 Å². The third-order valence-electron chi connectivity index (χ3n) is 4.23. The maximum atomic E-state index is 13.5. The second-order valence-electron chi connectivity index (χ2n) is 5.43. The van der Waals surface area contributed by atoms with Gasteiger partial charge in [0.1, 0.15) is 5.82 Å². The summed E-state index contributed by atoms with van der Waals surface area (Å²) in [5.41, 5.74) is 6.91. The lowest BCUT2D eigenvalue weighted by atomic mass is 9.86. The van der Waals surface area contributed by atoms with Gasteiger partial charge in [0.2, 0.25) is 0 Å². The summed E-state index contributed by atoms with van der Waals surface area (Å²) in [6.45, 7) is 5.00. The van der Waals surface area contributed by atoms with Gasteiger partial charge < -0.3 is 15.8 Å². The van der Waals surface area contributed by atoms with Crippen LogP contribution in [0.3, 0.4) is 0 Å². The first-order chi connectivity index (χ1) is 9.49. The van der Waals surface area contributed by atoms with Crippen LogP contribution in [0.25, 0.3) is 0 Å². The van der Waals surface area contributed by atoms with Crippen LogP contribution in [0.15, 0.2) is 12.1 Å². The summed E-state index contributed by atoms with van der Waals surface area (Å²) in [7, 11) is 0. The van der Waals surface area contributed by atoms with E-state index in [4.69, 9.17) is 22.1 Å². The highest BCUT2D eigenvalue weighted by molar-refractivity contribution is 6.31. The molecular formula is C15H22ClFN2O. The van der Waals surface area contributed by atoms with Gasteiger partial charge in [-0.2, -0.15) is 0 Å². The molecule has 1 aliphatic heterocycles. The maximum Gasteiger partial charge on any atom is 0.143 e. The molecule has 3 nitrogen and oxygen atoms in total. The summed E-state index contributed by atoms with van der Waals surface area (Å²) in [5, 5.41) is 3.39. The summed E-state index contributed by atoms with van der Waals surface area (Å²) >= 11 is 5.72. The predicted molar refractivity (Wildman–Crippen MR) is 81.7 cm³/mol. The molecule has 0 aromatic heterocycles. The molecule has 1 saturated heterocycles. The molecule has 0 spiro atoms. The van der Waals surface area contributed by atoms with Crippen LogP contribution in [0.1, 0.15) is 39.5 Å². The lowest BCUT2D eigenvalue weighted by Gasteiger charge is -2.40. The van der Waals surface area contributed by atoms with Crippen molar-refractivity contribution in [3.63, 3.8) is 0 Å². The molecule has 1 fully saturated rings. The Bertz CT molecular complexity index is 477. The van der Waals surface area contributed by atoms with Gasteiger partial charge in [-0.1, -0.05) is 25.4 Å². The summed E-state index contributed by atoms with van der Waals surface area (Å²) in [5.74, 6) is -0.451. The summed E-state index contributed by atoms with van der Waals surface area (Å²) < 4.78 is 19.5. The van der Waals surface area contributed by atoms with E-state index in [1.165, 1.54) is 12.1 Å². The van der Waals surface area contributed by atoms with E-state index in [0.29, 0.717) is 11.4 Å². The minimum Gasteiger partial charge on any atom is -0.397 e. The fourth-order valence-electron chi connectivity index (χ4n) is 2.80. The van der Waals surface area contributed by atoms with E-state index < -0.39 is 5.82 Å². The van der Waals surface area contributed by atoms with Crippen molar-refractivity contribution in [2.45, 2.75) is 51.2 Å². The third kappa shape index (κ3) is 3.18. The Morgan fingerprint density at radius 2 is 2.15 bits per heavy atom. The van der Waals surface area contributed by atoms with E-state index in [2.05, 4.69) is 19.2 Å². The highest BCUT2D eigenvalue weighted by atomic mass is 35.5. The highest BCUT2D eigenvalue weighted by Crippen LogP contribution is 2.34. The van der Waals surface area contributed by atoms with Crippen molar-refractivity contribution >= 4 is 23.0 Å². The molecule has 0 aliphatic carbocycles. The fraction of sp³-hybridized carbons (Fsp3) is 0.600. The number of nitrogens with one attached hydrogen (secondary N) is 1. The number of benzene rings is 1. The molecule has 20 heavy (non-hydrogen) atoms. The molecule has 2 rings (SSSR count). The Balaban J connectivity index is 2.12. The molecule has 1 atom stereocenters. The predicted octanol–water partition coefficient (Wildman–Crippen LogP) is 4.21. The molecule has 0 saturated carbocycles. The van der Waals surface area contributed by atoms with Crippen LogP contribution in [-0.4, -0.2) is 18.2 Å². The first-order valence-corrected chi connectivity index (χ1v) is 7.52. The summed E-state index contributed by atoms with van der Waals surface area (Å²) in [6, 6.07) is 3.06. The van der Waals surface area contributed by atoms with Crippen LogP contribution in [0, 0.1) is 5.82 Å². The number of hydrogen-bond acceptors (Lipinski definition) is 3. The third-order valence-corrected chi connectivity index (χ3v) is 4.52. The van der Waals surface area contributed by atoms with Gasteiger partial charge in [0, 0.05) is 18.7 Å². The molecule has 0 radical (unpaired) electrons. The number of nitrogens with two attached hydrogens (primary N) is 1. The number of anilines is 2. The lowest BCUT2D eigenvalue weighted by Crippen LogP contribution is -2.43. The normalized spacial score (nSPS) is 21.7. The van der Waals surface area contributed by atoms with E-state index in [1.54, 1.807) is 0 Å². The average Bonchev–Trinajstić information content (AvgIpc) is 2.45. The van der Waals surface area contributed by atoms with Crippen molar-refractivity contribution in [1.82, 2.24) is 0 Å². The molecule has 1 aromatic rings. The Kier molecular flexibility index (Phi) is 4.76. The average molecular weight is 301 g/mol. The van der Waals surface area contributed by atoms with Crippen LogP contribution >= 0.6 is 11.6 Å². The van der Waals surface area contributed by atoms with Gasteiger partial charge >= 0.3 is 0 Å². The van der Waals surface area contributed by atoms with E-state index in [0.717, 1.165) is 32.3 Å². The standard InChI is InChI=1S/C15H22ClFN2O/c1-3-15(4-2)9-10(5-6-20-15)19-14-8-12(17)11(16)7-13(14)18/h7-8,10,19H,3-6,9,18H2,1-2H3. The molecule has 1 unspecified atom stereocenters. The lowest BCUT2D eigenvalue weighted by molar-refractivity contribution is -0.0864. The van der Waals surface area contributed by atoms with E-state index >= 15 is 0 Å². The van der Waals surface area contributed by atoms with Gasteiger partial charge in [0.25, 0.3) is 0 Å². The molecule has 1 heterocycles. The Morgan fingerprint density at radius 3 is 2.80 bits per heavy atom. The quantitative estimate of drug-likeness (QED) is 0.819. The minimum atomic E-state index is -0.451. The molecule has 1 aliphatic rings. The number of ether oxygens (including phenoxy) is 1. The number of hydrogen-bond donors (Lipinski definition) is 2. The first-order valence-electron chi connectivity index (χ1n) is 7.14. The van der Waals surface area contributed by atoms with Crippen LogP contribution < -0.4 is 11.1 Å². The fourth-order valence-corrected chi connectivity index (χ4v) is 2.97. The zero-order valence-corrected chi connectivity index (χ0v) is 12.8. The SMILES string of the molecule is CCC1(CC)CC(Nc2cc(F)c(Cl)cc2N)CCO1. The van der Waals surface area contributed by atoms with Gasteiger partial charge in [-0.25, -0.2) is 4.39 Å². The number of halogens is 2. The topological polar surface area (TPSA) is 47.3 Å². The second-order valence-corrected chi connectivity index (χ2v) is 5.83. The van der Waals surface area contributed by atoms with Gasteiger partial charge in [0.05, 0.1) is 22.0 Å².